The van der Waals surface area contributed by atoms with Gasteiger partial charge in [0.2, 0.25) is 11.8 Å². The molecule has 26 heavy (non-hydrogen) atoms. The SMILES string of the molecule is C[C@@H](c1nnc(-c2cccc(Cl)c2)o1)[NH+]1CCN(c2ncccn2)CC1. The van der Waals surface area contributed by atoms with Crippen LogP contribution < -0.4 is 9.80 Å². The number of piperazine rings is 1. The van der Waals surface area contributed by atoms with Crippen molar-refractivity contribution in [1.82, 2.24) is 20.2 Å². The summed E-state index contributed by atoms with van der Waals surface area (Å²) in [6.07, 6.45) is 3.56. The highest BCUT2D eigenvalue weighted by Gasteiger charge is 2.30. The summed E-state index contributed by atoms with van der Waals surface area (Å²) in [6, 6.07) is 9.41. The zero-order valence-corrected chi connectivity index (χ0v) is 15.2. The maximum atomic E-state index is 6.04. The molecular weight excluding hydrogens is 352 g/mol. The zero-order valence-electron chi connectivity index (χ0n) is 14.5. The Kier molecular flexibility index (Phi) is 4.81. The molecule has 1 atom stereocenters. The van der Waals surface area contributed by atoms with Gasteiger partial charge in [-0.2, -0.15) is 0 Å². The molecule has 0 radical (unpaired) electrons. The largest absolute Gasteiger partial charge is 0.415 e. The van der Waals surface area contributed by atoms with E-state index in [0.717, 1.165) is 37.7 Å². The predicted octanol–water partition coefficient (Wildman–Crippen LogP) is 1.65. The molecule has 8 heteroatoms. The van der Waals surface area contributed by atoms with Crippen LogP contribution >= 0.6 is 11.6 Å². The number of benzene rings is 1. The molecule has 1 N–H and O–H groups in total. The quantitative estimate of drug-likeness (QED) is 0.751. The van der Waals surface area contributed by atoms with Gasteiger partial charge in [0.1, 0.15) is 0 Å². The summed E-state index contributed by atoms with van der Waals surface area (Å²) in [5.41, 5.74) is 0.837. The average molecular weight is 372 g/mol. The Bertz CT molecular complexity index is 863. The molecule has 3 aromatic rings. The van der Waals surface area contributed by atoms with Crippen molar-refractivity contribution >= 4 is 17.5 Å². The first kappa shape index (κ1) is 16.9. The van der Waals surface area contributed by atoms with Crippen LogP contribution in [0.4, 0.5) is 5.95 Å². The summed E-state index contributed by atoms with van der Waals surface area (Å²) in [4.78, 5) is 12.3. The van der Waals surface area contributed by atoms with Gasteiger partial charge in [-0.05, 0) is 31.2 Å². The van der Waals surface area contributed by atoms with Gasteiger partial charge in [0.05, 0.1) is 26.2 Å². The summed E-state index contributed by atoms with van der Waals surface area (Å²) < 4.78 is 5.91. The first-order chi connectivity index (χ1) is 12.7. The average Bonchev–Trinajstić information content (AvgIpc) is 3.18. The van der Waals surface area contributed by atoms with Crippen LogP contribution in [0, 0.1) is 0 Å². The van der Waals surface area contributed by atoms with Crippen LogP contribution in [0.1, 0.15) is 18.9 Å². The molecule has 1 aromatic carbocycles. The Balaban J connectivity index is 1.42. The number of quaternary nitrogens is 1. The molecule has 1 saturated heterocycles. The van der Waals surface area contributed by atoms with Gasteiger partial charge in [0.15, 0.2) is 6.04 Å². The fourth-order valence-corrected chi connectivity index (χ4v) is 3.39. The Hall–Kier alpha value is -2.51. The summed E-state index contributed by atoms with van der Waals surface area (Å²) in [6.45, 7) is 5.86. The Labute approximate surface area is 156 Å². The van der Waals surface area contributed by atoms with Crippen molar-refractivity contribution in [3.05, 3.63) is 53.6 Å². The summed E-state index contributed by atoms with van der Waals surface area (Å²) in [5.74, 6) is 1.95. The van der Waals surface area contributed by atoms with Crippen LogP contribution in [0.25, 0.3) is 11.5 Å². The van der Waals surface area contributed by atoms with Crippen LogP contribution in [-0.2, 0) is 0 Å². The summed E-state index contributed by atoms with van der Waals surface area (Å²) in [5, 5.41) is 9.10. The van der Waals surface area contributed by atoms with E-state index in [1.807, 2.05) is 30.3 Å². The number of hydrogen-bond donors (Lipinski definition) is 1. The van der Waals surface area contributed by atoms with Crippen LogP contribution in [0.3, 0.4) is 0 Å². The van der Waals surface area contributed by atoms with Gasteiger partial charge >= 0.3 is 0 Å². The Morgan fingerprint density at radius 3 is 2.62 bits per heavy atom. The third kappa shape index (κ3) is 3.54. The monoisotopic (exact) mass is 371 g/mol. The van der Waals surface area contributed by atoms with Gasteiger partial charge in [0.25, 0.3) is 5.89 Å². The van der Waals surface area contributed by atoms with Crippen molar-refractivity contribution in [3.8, 4) is 11.5 Å². The van der Waals surface area contributed by atoms with Crippen molar-refractivity contribution in [2.75, 3.05) is 31.1 Å². The smallest absolute Gasteiger partial charge is 0.274 e. The van der Waals surface area contributed by atoms with E-state index >= 15 is 0 Å². The number of nitrogens with one attached hydrogen (secondary N) is 1. The van der Waals surface area contributed by atoms with Crippen LogP contribution in [-0.4, -0.2) is 46.3 Å². The third-order valence-corrected chi connectivity index (χ3v) is 4.97. The number of halogens is 1. The van der Waals surface area contributed by atoms with E-state index in [1.54, 1.807) is 12.4 Å². The Morgan fingerprint density at radius 1 is 1.12 bits per heavy atom. The van der Waals surface area contributed by atoms with Gasteiger partial charge in [0, 0.05) is 23.0 Å². The standard InChI is InChI=1S/C18H19ClN6O/c1-13(16-22-23-17(26-16)14-4-2-5-15(19)12-14)24-8-10-25(11-9-24)18-20-6-3-7-21-18/h2-7,12-13H,8-11H2,1H3/p+1/t13-/m0/s1. The minimum Gasteiger partial charge on any atom is -0.415 e. The number of aromatic nitrogens is 4. The molecular formula is C18H20ClN6O+. The van der Waals surface area contributed by atoms with Gasteiger partial charge in [-0.25, -0.2) is 9.97 Å². The third-order valence-electron chi connectivity index (χ3n) is 4.74. The van der Waals surface area contributed by atoms with E-state index in [-0.39, 0.29) is 6.04 Å². The molecule has 4 rings (SSSR count). The van der Waals surface area contributed by atoms with Crippen molar-refractivity contribution in [1.29, 1.82) is 0 Å². The van der Waals surface area contributed by atoms with Crippen LogP contribution in [0.2, 0.25) is 5.02 Å². The van der Waals surface area contributed by atoms with Crippen LogP contribution in [0.5, 0.6) is 0 Å². The van der Waals surface area contributed by atoms with Crippen molar-refractivity contribution in [2.24, 2.45) is 0 Å². The van der Waals surface area contributed by atoms with Crippen molar-refractivity contribution < 1.29 is 9.32 Å². The maximum Gasteiger partial charge on any atom is 0.274 e. The van der Waals surface area contributed by atoms with E-state index in [2.05, 4.69) is 32.0 Å². The highest BCUT2D eigenvalue weighted by atomic mass is 35.5. The molecule has 134 valence electrons. The molecule has 0 aliphatic carbocycles. The highest BCUT2D eigenvalue weighted by Crippen LogP contribution is 2.22. The lowest BCUT2D eigenvalue weighted by Gasteiger charge is -2.34. The number of anilines is 1. The summed E-state index contributed by atoms with van der Waals surface area (Å²) in [7, 11) is 0. The van der Waals surface area contributed by atoms with Gasteiger partial charge in [-0.3, -0.25) is 0 Å². The fourth-order valence-electron chi connectivity index (χ4n) is 3.20. The predicted molar refractivity (Wildman–Crippen MR) is 98.1 cm³/mol. The molecule has 2 aromatic heterocycles. The summed E-state index contributed by atoms with van der Waals surface area (Å²) >= 11 is 6.04. The molecule has 1 aliphatic heterocycles. The molecule has 0 spiro atoms. The molecule has 0 saturated carbocycles. The number of rotatable bonds is 4. The molecule has 1 aliphatic rings. The van der Waals surface area contributed by atoms with Crippen molar-refractivity contribution in [2.45, 2.75) is 13.0 Å². The first-order valence-electron chi connectivity index (χ1n) is 8.66. The second-order valence-electron chi connectivity index (χ2n) is 6.37. The topological polar surface area (TPSA) is 72.4 Å². The van der Waals surface area contributed by atoms with E-state index in [1.165, 1.54) is 4.90 Å². The molecule has 0 bridgehead atoms. The zero-order chi connectivity index (χ0) is 17.9. The van der Waals surface area contributed by atoms with Gasteiger partial charge in [-0.15, -0.1) is 10.2 Å². The fraction of sp³-hybridized carbons (Fsp3) is 0.333. The number of hydrogen-bond acceptors (Lipinski definition) is 6. The van der Waals surface area contributed by atoms with E-state index in [4.69, 9.17) is 16.0 Å². The Morgan fingerprint density at radius 2 is 1.88 bits per heavy atom. The lowest BCUT2D eigenvalue weighted by Crippen LogP contribution is -3.14. The lowest BCUT2D eigenvalue weighted by atomic mass is 10.2. The molecule has 0 amide bonds. The molecule has 1 fully saturated rings. The van der Waals surface area contributed by atoms with Gasteiger partial charge in [-0.1, -0.05) is 17.7 Å². The number of nitrogens with zero attached hydrogens (tertiary/aromatic N) is 5. The van der Waals surface area contributed by atoms with E-state index < -0.39 is 0 Å². The molecule has 3 heterocycles. The molecule has 7 nitrogen and oxygen atoms in total. The first-order valence-corrected chi connectivity index (χ1v) is 9.04. The highest BCUT2D eigenvalue weighted by molar-refractivity contribution is 6.30. The van der Waals surface area contributed by atoms with Crippen LogP contribution in [0.15, 0.2) is 47.1 Å². The maximum absolute atomic E-state index is 6.04. The second kappa shape index (κ2) is 7.39. The van der Waals surface area contributed by atoms with Gasteiger partial charge < -0.3 is 14.2 Å². The second-order valence-corrected chi connectivity index (χ2v) is 6.81. The van der Waals surface area contributed by atoms with E-state index in [0.29, 0.717) is 16.8 Å². The van der Waals surface area contributed by atoms with E-state index in [9.17, 15) is 0 Å². The normalized spacial score (nSPS) is 16.6. The minimum atomic E-state index is 0.134. The van der Waals surface area contributed by atoms with Crippen molar-refractivity contribution in [3.63, 3.8) is 0 Å². The minimum absolute atomic E-state index is 0.134. The lowest BCUT2D eigenvalue weighted by molar-refractivity contribution is -0.931. The molecule has 0 unspecified atom stereocenters.